The summed E-state index contributed by atoms with van der Waals surface area (Å²) in [6.07, 6.45) is 4.51. The highest BCUT2D eigenvalue weighted by Gasteiger charge is 2.25. The van der Waals surface area contributed by atoms with Gasteiger partial charge in [-0.25, -0.2) is 13.1 Å². The molecule has 1 amide bonds. The van der Waals surface area contributed by atoms with Crippen LogP contribution in [0, 0.1) is 5.92 Å². The Morgan fingerprint density at radius 3 is 2.85 bits per heavy atom. The molecule has 0 saturated carbocycles. The van der Waals surface area contributed by atoms with E-state index in [4.69, 9.17) is 0 Å². The van der Waals surface area contributed by atoms with Crippen LogP contribution in [0.5, 0.6) is 0 Å². The molecule has 2 aliphatic heterocycles. The minimum absolute atomic E-state index is 0.0783. The molecule has 27 heavy (non-hydrogen) atoms. The lowest BCUT2D eigenvalue weighted by Gasteiger charge is -2.30. The fourth-order valence-corrected chi connectivity index (χ4v) is 5.20. The fraction of sp³-hybridized carbons (Fsp3) is 0.650. The zero-order valence-electron chi connectivity index (χ0n) is 16.4. The van der Waals surface area contributed by atoms with Crippen LogP contribution in [0.4, 0.5) is 5.69 Å². The quantitative estimate of drug-likeness (QED) is 0.722. The molecule has 1 saturated heterocycles. The number of carbonyl (C=O) groups is 1. The van der Waals surface area contributed by atoms with Gasteiger partial charge in [-0.3, -0.25) is 4.79 Å². The second kappa shape index (κ2) is 8.71. The van der Waals surface area contributed by atoms with Crippen LogP contribution in [0.1, 0.15) is 45.1 Å². The van der Waals surface area contributed by atoms with Crippen LogP contribution in [-0.2, 0) is 21.2 Å². The summed E-state index contributed by atoms with van der Waals surface area (Å²) >= 11 is 0. The molecule has 1 N–H and O–H groups in total. The summed E-state index contributed by atoms with van der Waals surface area (Å²) in [5.41, 5.74) is 1.78. The molecule has 1 aromatic rings. The Hall–Kier alpha value is -1.44. The van der Waals surface area contributed by atoms with Crippen molar-refractivity contribution >= 4 is 21.6 Å². The first-order valence-corrected chi connectivity index (χ1v) is 11.5. The monoisotopic (exact) mass is 393 g/mol. The van der Waals surface area contributed by atoms with Gasteiger partial charge in [0.15, 0.2) is 0 Å². The van der Waals surface area contributed by atoms with Gasteiger partial charge in [-0.15, -0.1) is 0 Å². The van der Waals surface area contributed by atoms with Crippen LogP contribution in [0.25, 0.3) is 0 Å². The highest BCUT2D eigenvalue weighted by molar-refractivity contribution is 7.89. The number of benzene rings is 1. The van der Waals surface area contributed by atoms with E-state index >= 15 is 0 Å². The normalized spacial score (nSPS) is 20.7. The second-order valence-electron chi connectivity index (χ2n) is 7.74. The summed E-state index contributed by atoms with van der Waals surface area (Å²) < 4.78 is 27.9. The lowest BCUT2D eigenvalue weighted by molar-refractivity contribution is -0.118. The van der Waals surface area contributed by atoms with Crippen LogP contribution in [0.15, 0.2) is 23.1 Å². The molecule has 150 valence electrons. The Bertz CT molecular complexity index is 779. The van der Waals surface area contributed by atoms with Crippen molar-refractivity contribution in [1.82, 2.24) is 9.62 Å². The minimum atomic E-state index is -3.51. The highest BCUT2D eigenvalue weighted by atomic mass is 32.2. The maximum atomic E-state index is 12.6. The predicted molar refractivity (Wildman–Crippen MR) is 107 cm³/mol. The summed E-state index contributed by atoms with van der Waals surface area (Å²) in [7, 11) is -3.51. The molecule has 0 radical (unpaired) electrons. The zero-order chi connectivity index (χ0) is 19.4. The van der Waals surface area contributed by atoms with E-state index in [1.54, 1.807) is 23.1 Å². The van der Waals surface area contributed by atoms with Gasteiger partial charge >= 0.3 is 0 Å². The van der Waals surface area contributed by atoms with Gasteiger partial charge < -0.3 is 9.80 Å². The smallest absolute Gasteiger partial charge is 0.240 e. The van der Waals surface area contributed by atoms with E-state index in [-0.39, 0.29) is 5.91 Å². The minimum Gasteiger partial charge on any atom is -0.312 e. The van der Waals surface area contributed by atoms with Gasteiger partial charge in [0.05, 0.1) is 4.90 Å². The van der Waals surface area contributed by atoms with Gasteiger partial charge in [-0.05, 0) is 68.5 Å². The fourth-order valence-electron chi connectivity index (χ4n) is 4.08. The number of hydrogen-bond acceptors (Lipinski definition) is 4. The SMILES string of the molecule is CCC(=O)N1CCc2cc(S(=O)(=O)NCCCN3CCCC(C)C3)ccc21. The van der Waals surface area contributed by atoms with Crippen molar-refractivity contribution in [3.63, 3.8) is 0 Å². The third-order valence-electron chi connectivity index (χ3n) is 5.54. The Labute approximate surface area is 163 Å². The summed E-state index contributed by atoms with van der Waals surface area (Å²) in [5, 5.41) is 0. The van der Waals surface area contributed by atoms with Gasteiger partial charge in [0, 0.05) is 31.7 Å². The summed E-state index contributed by atoms with van der Waals surface area (Å²) in [5.74, 6) is 0.815. The molecule has 1 fully saturated rings. The van der Waals surface area contributed by atoms with Crippen molar-refractivity contribution in [2.24, 2.45) is 5.92 Å². The molecule has 7 heteroatoms. The average Bonchev–Trinajstić information content (AvgIpc) is 3.08. The molecular formula is C20H31N3O3S. The number of hydrogen-bond donors (Lipinski definition) is 1. The highest BCUT2D eigenvalue weighted by Crippen LogP contribution is 2.30. The Morgan fingerprint density at radius 1 is 1.30 bits per heavy atom. The van der Waals surface area contributed by atoms with E-state index in [1.165, 1.54) is 12.8 Å². The van der Waals surface area contributed by atoms with E-state index in [2.05, 4.69) is 16.5 Å². The number of rotatable bonds is 7. The molecule has 1 atom stereocenters. The summed E-state index contributed by atoms with van der Waals surface area (Å²) in [6.45, 7) is 8.37. The van der Waals surface area contributed by atoms with Crippen molar-refractivity contribution in [1.29, 1.82) is 0 Å². The lowest BCUT2D eigenvalue weighted by Crippen LogP contribution is -2.36. The van der Waals surface area contributed by atoms with Crippen LogP contribution in [0.2, 0.25) is 0 Å². The summed E-state index contributed by atoms with van der Waals surface area (Å²) in [4.78, 5) is 16.4. The van der Waals surface area contributed by atoms with Crippen molar-refractivity contribution in [3.05, 3.63) is 23.8 Å². The van der Waals surface area contributed by atoms with E-state index in [0.29, 0.717) is 30.8 Å². The van der Waals surface area contributed by atoms with Gasteiger partial charge in [0.2, 0.25) is 15.9 Å². The molecule has 1 aromatic carbocycles. The first-order valence-electron chi connectivity index (χ1n) is 10.1. The number of anilines is 1. The molecule has 2 aliphatic rings. The zero-order valence-corrected chi connectivity index (χ0v) is 17.2. The van der Waals surface area contributed by atoms with E-state index in [0.717, 1.165) is 43.2 Å². The van der Waals surface area contributed by atoms with E-state index < -0.39 is 10.0 Å². The lowest BCUT2D eigenvalue weighted by atomic mass is 10.0. The van der Waals surface area contributed by atoms with Crippen molar-refractivity contribution in [2.45, 2.75) is 50.8 Å². The largest absolute Gasteiger partial charge is 0.312 e. The molecule has 1 unspecified atom stereocenters. The van der Waals surface area contributed by atoms with Crippen LogP contribution in [0.3, 0.4) is 0 Å². The maximum Gasteiger partial charge on any atom is 0.240 e. The number of nitrogens with zero attached hydrogens (tertiary/aromatic N) is 2. The molecule has 0 spiro atoms. The van der Waals surface area contributed by atoms with Gasteiger partial charge in [0.25, 0.3) is 0 Å². The van der Waals surface area contributed by atoms with Crippen molar-refractivity contribution < 1.29 is 13.2 Å². The number of piperidine rings is 1. The number of likely N-dealkylation sites (tertiary alicyclic amines) is 1. The molecular weight excluding hydrogens is 362 g/mol. The molecule has 0 aliphatic carbocycles. The second-order valence-corrected chi connectivity index (χ2v) is 9.51. The van der Waals surface area contributed by atoms with Crippen LogP contribution >= 0.6 is 0 Å². The molecule has 3 rings (SSSR count). The van der Waals surface area contributed by atoms with E-state index in [9.17, 15) is 13.2 Å². The number of carbonyl (C=O) groups excluding carboxylic acids is 1. The standard InChI is InChI=1S/C20H31N3O3S/c1-3-20(24)23-13-9-17-14-18(7-8-19(17)23)27(25,26)21-10-5-12-22-11-4-6-16(2)15-22/h7-8,14,16,21H,3-6,9-13,15H2,1-2H3. The number of nitrogens with one attached hydrogen (secondary N) is 1. The van der Waals surface area contributed by atoms with Gasteiger partial charge in [0.1, 0.15) is 0 Å². The molecule has 6 nitrogen and oxygen atoms in total. The number of fused-ring (bicyclic) bond motifs is 1. The van der Waals surface area contributed by atoms with Gasteiger partial charge in [-0.2, -0.15) is 0 Å². The maximum absolute atomic E-state index is 12.6. The first-order chi connectivity index (χ1) is 12.9. The van der Waals surface area contributed by atoms with Crippen molar-refractivity contribution in [3.8, 4) is 0 Å². The third-order valence-corrected chi connectivity index (χ3v) is 7.00. The third kappa shape index (κ3) is 4.89. The van der Waals surface area contributed by atoms with Crippen molar-refractivity contribution in [2.75, 3.05) is 37.6 Å². The van der Waals surface area contributed by atoms with Crippen LogP contribution < -0.4 is 9.62 Å². The molecule has 0 bridgehead atoms. The Balaban J connectivity index is 1.55. The topological polar surface area (TPSA) is 69.7 Å². The van der Waals surface area contributed by atoms with Gasteiger partial charge in [-0.1, -0.05) is 13.8 Å². The number of sulfonamides is 1. The predicted octanol–water partition coefficient (Wildman–Crippen LogP) is 2.39. The molecule has 0 aromatic heterocycles. The number of amides is 1. The summed E-state index contributed by atoms with van der Waals surface area (Å²) in [6, 6.07) is 5.08. The van der Waals surface area contributed by atoms with E-state index in [1.807, 2.05) is 6.92 Å². The first kappa shape index (κ1) is 20.3. The Morgan fingerprint density at radius 2 is 2.11 bits per heavy atom. The Kier molecular flexibility index (Phi) is 6.55. The van der Waals surface area contributed by atoms with Crippen LogP contribution in [-0.4, -0.2) is 51.9 Å². The average molecular weight is 394 g/mol. The molecule has 2 heterocycles.